The van der Waals surface area contributed by atoms with Gasteiger partial charge < -0.3 is 15.7 Å². The first-order valence-electron chi connectivity index (χ1n) is 6.55. The summed E-state index contributed by atoms with van der Waals surface area (Å²) in [6.07, 6.45) is 0.309. The number of amides is 1. The molecule has 1 unspecified atom stereocenters. The van der Waals surface area contributed by atoms with Crippen LogP contribution in [0, 0.1) is 0 Å². The third-order valence-corrected chi connectivity index (χ3v) is 4.25. The van der Waals surface area contributed by atoms with Crippen LogP contribution in [0.15, 0.2) is 30.3 Å². The molecule has 0 spiro atoms. The predicted octanol–water partition coefficient (Wildman–Crippen LogP) is 1.02. The number of aliphatic carboxylic acids is 1. The molecule has 1 saturated heterocycles. The van der Waals surface area contributed by atoms with Gasteiger partial charge in [-0.1, -0.05) is 30.3 Å². The van der Waals surface area contributed by atoms with Gasteiger partial charge in [-0.15, -0.1) is 0 Å². The van der Waals surface area contributed by atoms with E-state index in [-0.39, 0.29) is 11.9 Å². The van der Waals surface area contributed by atoms with Crippen molar-refractivity contribution in [2.24, 2.45) is 0 Å². The molecule has 2 rings (SSSR count). The van der Waals surface area contributed by atoms with Crippen molar-refractivity contribution in [3.8, 4) is 0 Å². The fourth-order valence-corrected chi connectivity index (χ4v) is 3.08. The van der Waals surface area contributed by atoms with Crippen molar-refractivity contribution >= 4 is 23.6 Å². The van der Waals surface area contributed by atoms with Crippen LogP contribution in [0.5, 0.6) is 0 Å². The monoisotopic (exact) mass is 294 g/mol. The first kappa shape index (κ1) is 14.9. The second-order valence-corrected chi connectivity index (χ2v) is 5.83. The minimum atomic E-state index is -1.05. The number of thioether (sulfide) groups is 1. The van der Waals surface area contributed by atoms with E-state index in [2.05, 4.69) is 10.6 Å². The van der Waals surface area contributed by atoms with Crippen LogP contribution in [-0.2, 0) is 9.59 Å². The van der Waals surface area contributed by atoms with Gasteiger partial charge in [-0.2, -0.15) is 11.8 Å². The second kappa shape index (κ2) is 7.31. The predicted molar refractivity (Wildman–Crippen MR) is 78.7 cm³/mol. The summed E-state index contributed by atoms with van der Waals surface area (Å²) in [5.41, 5.74) is 0.583. The Morgan fingerprint density at radius 3 is 2.75 bits per heavy atom. The number of carboxylic acids is 1. The lowest BCUT2D eigenvalue weighted by Crippen LogP contribution is -2.43. The standard InChI is InChI=1S/C14H18N2O3S/c17-12(8-11-9-20-7-6-15-11)16-13(14(18)19)10-4-2-1-3-5-10/h1-5,11,13,15H,6-9H2,(H,16,17)(H,18,19)/t11?,13-/m0/s1. The summed E-state index contributed by atoms with van der Waals surface area (Å²) in [6.45, 7) is 0.893. The third-order valence-electron chi connectivity index (χ3n) is 3.12. The molecular formula is C14H18N2O3S. The zero-order chi connectivity index (χ0) is 14.4. The highest BCUT2D eigenvalue weighted by Gasteiger charge is 2.24. The number of rotatable bonds is 5. The average molecular weight is 294 g/mol. The van der Waals surface area contributed by atoms with Crippen LogP contribution >= 0.6 is 11.8 Å². The molecule has 3 N–H and O–H groups in total. The summed E-state index contributed by atoms with van der Waals surface area (Å²) in [7, 11) is 0. The Kier molecular flexibility index (Phi) is 5.43. The van der Waals surface area contributed by atoms with Gasteiger partial charge in [0.15, 0.2) is 6.04 Å². The van der Waals surface area contributed by atoms with Crippen LogP contribution in [0.25, 0.3) is 0 Å². The quantitative estimate of drug-likeness (QED) is 0.756. The zero-order valence-corrected chi connectivity index (χ0v) is 11.9. The van der Waals surface area contributed by atoms with E-state index in [1.165, 1.54) is 0 Å². The van der Waals surface area contributed by atoms with Crippen LogP contribution < -0.4 is 10.6 Å². The molecule has 0 bridgehead atoms. The largest absolute Gasteiger partial charge is 0.479 e. The maximum Gasteiger partial charge on any atom is 0.330 e. The lowest BCUT2D eigenvalue weighted by Gasteiger charge is -2.23. The van der Waals surface area contributed by atoms with E-state index in [4.69, 9.17) is 0 Å². The molecule has 5 nitrogen and oxygen atoms in total. The number of hydrogen-bond acceptors (Lipinski definition) is 4. The normalized spacial score (nSPS) is 20.1. The summed E-state index contributed by atoms with van der Waals surface area (Å²) in [5.74, 6) is 0.660. The Hall–Kier alpha value is -1.53. The minimum Gasteiger partial charge on any atom is -0.479 e. The molecule has 1 aromatic carbocycles. The summed E-state index contributed by atoms with van der Waals surface area (Å²) in [6, 6.07) is 7.88. The van der Waals surface area contributed by atoms with Crippen LogP contribution in [0.4, 0.5) is 0 Å². The topological polar surface area (TPSA) is 78.4 Å². The van der Waals surface area contributed by atoms with Gasteiger partial charge >= 0.3 is 5.97 Å². The number of carbonyl (C=O) groups is 2. The molecule has 0 aliphatic carbocycles. The second-order valence-electron chi connectivity index (χ2n) is 4.68. The number of benzene rings is 1. The van der Waals surface area contributed by atoms with Gasteiger partial charge in [0.1, 0.15) is 0 Å². The van der Waals surface area contributed by atoms with Crippen molar-refractivity contribution in [3.05, 3.63) is 35.9 Å². The van der Waals surface area contributed by atoms with Gasteiger partial charge in [0.05, 0.1) is 0 Å². The average Bonchev–Trinajstić information content (AvgIpc) is 2.46. The molecule has 2 atom stereocenters. The Morgan fingerprint density at radius 1 is 1.40 bits per heavy atom. The van der Waals surface area contributed by atoms with Crippen molar-refractivity contribution in [2.45, 2.75) is 18.5 Å². The van der Waals surface area contributed by atoms with Gasteiger partial charge in [-0.3, -0.25) is 4.79 Å². The minimum absolute atomic E-state index is 0.124. The van der Waals surface area contributed by atoms with E-state index < -0.39 is 12.0 Å². The van der Waals surface area contributed by atoms with Crippen LogP contribution in [0.3, 0.4) is 0 Å². The van der Waals surface area contributed by atoms with Gasteiger partial charge in [0.25, 0.3) is 0 Å². The maximum absolute atomic E-state index is 12.0. The Morgan fingerprint density at radius 2 is 2.15 bits per heavy atom. The molecule has 1 amide bonds. The first-order valence-corrected chi connectivity index (χ1v) is 7.70. The molecular weight excluding hydrogens is 276 g/mol. The molecule has 1 heterocycles. The maximum atomic E-state index is 12.0. The van der Waals surface area contributed by atoms with Crippen molar-refractivity contribution in [1.82, 2.24) is 10.6 Å². The first-order chi connectivity index (χ1) is 9.66. The van der Waals surface area contributed by atoms with Gasteiger partial charge in [0.2, 0.25) is 5.91 Å². The molecule has 0 saturated carbocycles. The highest BCUT2D eigenvalue weighted by atomic mass is 32.2. The summed E-state index contributed by atoms with van der Waals surface area (Å²) in [5, 5.41) is 15.1. The highest BCUT2D eigenvalue weighted by molar-refractivity contribution is 7.99. The molecule has 1 aliphatic heterocycles. The fourth-order valence-electron chi connectivity index (χ4n) is 2.13. The number of hydrogen-bond donors (Lipinski definition) is 3. The van der Waals surface area contributed by atoms with E-state index >= 15 is 0 Å². The molecule has 20 heavy (non-hydrogen) atoms. The number of nitrogens with one attached hydrogen (secondary N) is 2. The number of carboxylic acid groups (broad SMARTS) is 1. The summed E-state index contributed by atoms with van der Waals surface area (Å²) in [4.78, 5) is 23.3. The molecule has 1 fully saturated rings. The van der Waals surface area contributed by atoms with Crippen molar-refractivity contribution in [1.29, 1.82) is 0 Å². The van der Waals surface area contributed by atoms with Gasteiger partial charge in [-0.25, -0.2) is 4.79 Å². The highest BCUT2D eigenvalue weighted by Crippen LogP contribution is 2.14. The molecule has 0 aromatic heterocycles. The van der Waals surface area contributed by atoms with E-state index in [1.54, 1.807) is 24.3 Å². The molecule has 1 aromatic rings. The van der Waals surface area contributed by atoms with E-state index in [9.17, 15) is 14.7 Å². The van der Waals surface area contributed by atoms with Crippen molar-refractivity contribution in [2.75, 3.05) is 18.1 Å². The molecule has 0 radical (unpaired) electrons. The fraction of sp³-hybridized carbons (Fsp3) is 0.429. The number of carbonyl (C=O) groups excluding carboxylic acids is 1. The van der Waals surface area contributed by atoms with E-state index in [1.807, 2.05) is 17.8 Å². The van der Waals surface area contributed by atoms with Gasteiger partial charge in [-0.05, 0) is 5.56 Å². The summed E-state index contributed by atoms with van der Waals surface area (Å²) < 4.78 is 0. The smallest absolute Gasteiger partial charge is 0.330 e. The molecule has 6 heteroatoms. The zero-order valence-electron chi connectivity index (χ0n) is 11.0. The van der Waals surface area contributed by atoms with E-state index in [0.29, 0.717) is 12.0 Å². The van der Waals surface area contributed by atoms with Crippen LogP contribution in [-0.4, -0.2) is 41.1 Å². The Balaban J connectivity index is 1.94. The lowest BCUT2D eigenvalue weighted by atomic mass is 10.1. The molecule has 1 aliphatic rings. The third kappa shape index (κ3) is 4.25. The van der Waals surface area contributed by atoms with E-state index in [0.717, 1.165) is 18.1 Å². The van der Waals surface area contributed by atoms with Crippen molar-refractivity contribution < 1.29 is 14.7 Å². The van der Waals surface area contributed by atoms with Crippen LogP contribution in [0.2, 0.25) is 0 Å². The van der Waals surface area contributed by atoms with Crippen LogP contribution in [0.1, 0.15) is 18.0 Å². The molecule has 108 valence electrons. The SMILES string of the molecule is O=C(CC1CSCCN1)N[C@H](C(=O)O)c1ccccc1. The summed E-state index contributed by atoms with van der Waals surface area (Å²) >= 11 is 1.81. The van der Waals surface area contributed by atoms with Crippen molar-refractivity contribution in [3.63, 3.8) is 0 Å². The van der Waals surface area contributed by atoms with Gasteiger partial charge in [0, 0.05) is 30.5 Å². The Labute approximate surface area is 122 Å². The lowest BCUT2D eigenvalue weighted by molar-refractivity contribution is -0.142. The Bertz CT molecular complexity index is 461.